The number of anilines is 1. The monoisotopic (exact) mass is 426 g/mol. The van der Waals surface area contributed by atoms with Gasteiger partial charge in [0.2, 0.25) is 0 Å². The number of halogens is 2. The van der Waals surface area contributed by atoms with Gasteiger partial charge in [-0.3, -0.25) is 9.69 Å². The molecule has 2 fully saturated rings. The van der Waals surface area contributed by atoms with Gasteiger partial charge in [-0.1, -0.05) is 24.4 Å². The second kappa shape index (κ2) is 6.98. The Hall–Kier alpha value is -2.13. The van der Waals surface area contributed by atoms with Crippen LogP contribution in [0.2, 0.25) is 5.15 Å². The molecule has 2 N–H and O–H groups in total. The Morgan fingerprint density at radius 3 is 2.62 bits per heavy atom. The van der Waals surface area contributed by atoms with Crippen molar-refractivity contribution in [2.24, 2.45) is 0 Å². The number of carbonyl (C=O) groups is 2. The SMILES string of the molecule is CC(C)(C)OC(=O)N1CN(c2nc(Cl)c3c(c2F)C(O)NC3=O)C2CCCCC21. The molecule has 3 heterocycles. The van der Waals surface area contributed by atoms with Crippen molar-refractivity contribution in [3.8, 4) is 0 Å². The Bertz CT molecular complexity index is 875. The smallest absolute Gasteiger partial charge is 0.412 e. The zero-order valence-electron chi connectivity index (χ0n) is 16.5. The maximum atomic E-state index is 15.3. The van der Waals surface area contributed by atoms with Crippen molar-refractivity contribution in [1.29, 1.82) is 0 Å². The van der Waals surface area contributed by atoms with E-state index in [9.17, 15) is 14.7 Å². The zero-order chi connectivity index (χ0) is 21.1. The number of hydrogen-bond donors (Lipinski definition) is 2. The quantitative estimate of drug-likeness (QED) is 0.670. The largest absolute Gasteiger partial charge is 0.444 e. The molecule has 1 saturated carbocycles. The number of pyridine rings is 1. The molecule has 2 aliphatic heterocycles. The molecule has 1 saturated heterocycles. The van der Waals surface area contributed by atoms with Gasteiger partial charge in [0.25, 0.3) is 5.91 Å². The third kappa shape index (κ3) is 3.40. The second-order valence-electron chi connectivity index (χ2n) is 8.69. The van der Waals surface area contributed by atoms with Crippen LogP contribution in [0.25, 0.3) is 0 Å². The van der Waals surface area contributed by atoms with Crippen molar-refractivity contribution >= 4 is 29.4 Å². The van der Waals surface area contributed by atoms with Gasteiger partial charge in [0, 0.05) is 0 Å². The lowest BCUT2D eigenvalue weighted by Crippen LogP contribution is -2.44. The summed E-state index contributed by atoms with van der Waals surface area (Å²) >= 11 is 6.16. The molecule has 1 aliphatic carbocycles. The number of hydrogen-bond acceptors (Lipinski definition) is 6. The maximum Gasteiger partial charge on any atom is 0.412 e. The van der Waals surface area contributed by atoms with Gasteiger partial charge >= 0.3 is 6.09 Å². The van der Waals surface area contributed by atoms with Gasteiger partial charge in [0.15, 0.2) is 17.9 Å². The summed E-state index contributed by atoms with van der Waals surface area (Å²) in [4.78, 5) is 32.2. The molecule has 1 aromatic rings. The van der Waals surface area contributed by atoms with Crippen LogP contribution < -0.4 is 10.2 Å². The zero-order valence-corrected chi connectivity index (χ0v) is 17.3. The van der Waals surface area contributed by atoms with Crippen LogP contribution in [0.4, 0.5) is 15.0 Å². The fourth-order valence-corrected chi connectivity index (χ4v) is 4.67. The van der Waals surface area contributed by atoms with Crippen molar-refractivity contribution < 1.29 is 23.8 Å². The minimum atomic E-state index is -1.48. The summed E-state index contributed by atoms with van der Waals surface area (Å²) in [7, 11) is 0. The molecule has 3 aliphatic rings. The van der Waals surface area contributed by atoms with E-state index in [1.54, 1.807) is 30.6 Å². The Kier molecular flexibility index (Phi) is 4.85. The minimum Gasteiger partial charge on any atom is -0.444 e. The molecule has 10 heteroatoms. The number of aromatic nitrogens is 1. The van der Waals surface area contributed by atoms with Crippen LogP contribution in [0.1, 0.15) is 68.6 Å². The maximum absolute atomic E-state index is 15.3. The highest BCUT2D eigenvalue weighted by molar-refractivity contribution is 6.33. The summed E-state index contributed by atoms with van der Waals surface area (Å²) in [6.07, 6.45) is 1.52. The van der Waals surface area contributed by atoms with E-state index in [0.29, 0.717) is 0 Å². The average Bonchev–Trinajstić information content (AvgIpc) is 3.15. The number of amides is 2. The fourth-order valence-electron chi connectivity index (χ4n) is 4.40. The summed E-state index contributed by atoms with van der Waals surface area (Å²) in [6.45, 7) is 5.48. The number of nitrogens with one attached hydrogen (secondary N) is 1. The van der Waals surface area contributed by atoms with Crippen molar-refractivity contribution in [2.45, 2.75) is 70.4 Å². The van der Waals surface area contributed by atoms with Gasteiger partial charge in [-0.25, -0.2) is 14.2 Å². The van der Waals surface area contributed by atoms with Crippen molar-refractivity contribution in [3.05, 3.63) is 22.1 Å². The molecule has 158 valence electrons. The number of fused-ring (bicyclic) bond motifs is 2. The highest BCUT2D eigenvalue weighted by atomic mass is 35.5. The summed E-state index contributed by atoms with van der Waals surface area (Å²) < 4.78 is 20.9. The Morgan fingerprint density at radius 2 is 1.97 bits per heavy atom. The second-order valence-corrected chi connectivity index (χ2v) is 9.04. The minimum absolute atomic E-state index is 0.0627. The fraction of sp³-hybridized carbons (Fsp3) is 0.632. The molecule has 0 radical (unpaired) electrons. The molecule has 0 bridgehead atoms. The van der Waals surface area contributed by atoms with Crippen LogP contribution in [-0.2, 0) is 4.74 Å². The first-order valence-electron chi connectivity index (χ1n) is 9.72. The van der Waals surface area contributed by atoms with Crippen molar-refractivity contribution in [3.63, 3.8) is 0 Å². The van der Waals surface area contributed by atoms with E-state index in [4.69, 9.17) is 16.3 Å². The van der Waals surface area contributed by atoms with E-state index >= 15 is 4.39 Å². The van der Waals surface area contributed by atoms with Gasteiger partial charge in [0.1, 0.15) is 10.8 Å². The lowest BCUT2D eigenvalue weighted by molar-refractivity contribution is 0.0200. The molecule has 3 unspecified atom stereocenters. The number of aliphatic hydroxyl groups excluding tert-OH is 1. The van der Waals surface area contributed by atoms with E-state index in [1.165, 1.54) is 0 Å². The number of ether oxygens (including phenoxy) is 1. The summed E-state index contributed by atoms with van der Waals surface area (Å²) in [6, 6.07) is -0.272. The van der Waals surface area contributed by atoms with Crippen LogP contribution in [0.5, 0.6) is 0 Å². The summed E-state index contributed by atoms with van der Waals surface area (Å²) in [5.41, 5.74) is -0.998. The van der Waals surface area contributed by atoms with Crippen LogP contribution in [0.15, 0.2) is 0 Å². The predicted octanol–water partition coefficient (Wildman–Crippen LogP) is 2.93. The van der Waals surface area contributed by atoms with Crippen LogP contribution >= 0.6 is 11.6 Å². The third-order valence-corrected chi connectivity index (χ3v) is 5.85. The predicted molar refractivity (Wildman–Crippen MR) is 103 cm³/mol. The third-order valence-electron chi connectivity index (χ3n) is 5.58. The van der Waals surface area contributed by atoms with Gasteiger partial charge in [-0.05, 0) is 33.6 Å². The van der Waals surface area contributed by atoms with Crippen LogP contribution in [0, 0.1) is 5.82 Å². The molecule has 0 aromatic carbocycles. The normalized spacial score (nSPS) is 26.3. The number of carbonyl (C=O) groups excluding carboxylic acids is 2. The molecule has 29 heavy (non-hydrogen) atoms. The molecule has 2 amide bonds. The number of aliphatic hydroxyl groups is 1. The lowest BCUT2D eigenvalue weighted by Gasteiger charge is -2.33. The summed E-state index contributed by atoms with van der Waals surface area (Å²) in [5, 5.41) is 12.1. The Labute approximate surface area is 173 Å². The first-order chi connectivity index (χ1) is 13.6. The average molecular weight is 427 g/mol. The van der Waals surface area contributed by atoms with E-state index in [2.05, 4.69) is 10.3 Å². The molecule has 4 rings (SSSR count). The van der Waals surface area contributed by atoms with E-state index in [0.717, 1.165) is 25.7 Å². The van der Waals surface area contributed by atoms with Crippen molar-refractivity contribution in [1.82, 2.24) is 15.2 Å². The van der Waals surface area contributed by atoms with Crippen LogP contribution in [0.3, 0.4) is 0 Å². The molecule has 8 nitrogen and oxygen atoms in total. The standard InChI is InChI=1S/C19H24ClFN4O4/c1-19(2,3)29-18(28)25-8-24(9-6-4-5-7-10(9)25)15-13(21)11-12(14(20)22-15)17(27)23-16(11)26/h9-10,16,26H,4-8H2,1-3H3,(H,23,27). The highest BCUT2D eigenvalue weighted by Crippen LogP contribution is 2.41. The van der Waals surface area contributed by atoms with Crippen molar-refractivity contribution in [2.75, 3.05) is 11.6 Å². The molecular weight excluding hydrogens is 403 g/mol. The first kappa shape index (κ1) is 20.2. The molecule has 3 atom stereocenters. The molecule has 1 aromatic heterocycles. The Morgan fingerprint density at radius 1 is 1.31 bits per heavy atom. The van der Waals surface area contributed by atoms with E-state index < -0.39 is 29.6 Å². The van der Waals surface area contributed by atoms with Gasteiger partial charge in [-0.2, -0.15) is 0 Å². The Balaban J connectivity index is 1.72. The summed E-state index contributed by atoms with van der Waals surface area (Å²) in [5.74, 6) is -1.53. The van der Waals surface area contributed by atoms with E-state index in [-0.39, 0.29) is 40.9 Å². The highest BCUT2D eigenvalue weighted by Gasteiger charge is 2.47. The molecule has 0 spiro atoms. The number of rotatable bonds is 1. The van der Waals surface area contributed by atoms with Gasteiger partial charge < -0.3 is 20.1 Å². The first-order valence-corrected chi connectivity index (χ1v) is 10.1. The van der Waals surface area contributed by atoms with Gasteiger partial charge in [0.05, 0.1) is 29.9 Å². The molecular formula is C19H24ClFN4O4. The van der Waals surface area contributed by atoms with Gasteiger partial charge in [-0.15, -0.1) is 0 Å². The topological polar surface area (TPSA) is 95.0 Å². The number of nitrogens with zero attached hydrogens (tertiary/aromatic N) is 3. The van der Waals surface area contributed by atoms with Crippen LogP contribution in [-0.4, -0.2) is 51.3 Å². The van der Waals surface area contributed by atoms with E-state index in [1.807, 2.05) is 0 Å². The lowest BCUT2D eigenvalue weighted by atomic mass is 9.90.